The molecule has 3 aromatic carbocycles. The van der Waals surface area contributed by atoms with Gasteiger partial charge in [-0.15, -0.1) is 11.3 Å². The topological polar surface area (TPSA) is 182 Å². The number of amides is 2. The van der Waals surface area contributed by atoms with Crippen molar-refractivity contribution in [2.45, 2.75) is 55.8 Å². The van der Waals surface area contributed by atoms with Crippen molar-refractivity contribution in [2.24, 2.45) is 0 Å². The van der Waals surface area contributed by atoms with Gasteiger partial charge in [0, 0.05) is 35.4 Å². The van der Waals surface area contributed by atoms with Crippen LogP contribution in [0.15, 0.2) is 82.1 Å². The first-order chi connectivity index (χ1) is 27.4. The first kappa shape index (κ1) is 40.0. The van der Waals surface area contributed by atoms with E-state index in [-0.39, 0.29) is 68.1 Å². The smallest absolute Gasteiger partial charge is 0.329 e. The van der Waals surface area contributed by atoms with Crippen LogP contribution >= 0.6 is 11.3 Å². The maximum Gasteiger partial charge on any atom is 0.329 e. The van der Waals surface area contributed by atoms with E-state index in [0.29, 0.717) is 47.4 Å². The van der Waals surface area contributed by atoms with Crippen molar-refractivity contribution in [3.63, 3.8) is 0 Å². The van der Waals surface area contributed by atoms with Crippen molar-refractivity contribution >= 4 is 76.5 Å². The number of carbonyl (C=O) groups excluding carboxylic acids is 2. The molecule has 0 radical (unpaired) electrons. The molecule has 0 saturated carbocycles. The van der Waals surface area contributed by atoms with Gasteiger partial charge in [0.15, 0.2) is 9.84 Å². The van der Waals surface area contributed by atoms with Crippen molar-refractivity contribution in [2.75, 3.05) is 51.6 Å². The van der Waals surface area contributed by atoms with E-state index in [9.17, 15) is 22.8 Å². The molecule has 15 nitrogen and oxygen atoms in total. The predicted octanol–water partition coefficient (Wildman–Crippen LogP) is 5.38. The number of anilines is 2. The number of benzene rings is 3. The van der Waals surface area contributed by atoms with Crippen molar-refractivity contribution in [3.8, 4) is 5.75 Å². The number of hydrogen-bond donors (Lipinski definition) is 2. The summed E-state index contributed by atoms with van der Waals surface area (Å²) in [7, 11) is -3.81. The zero-order valence-corrected chi connectivity index (χ0v) is 33.5. The molecule has 1 saturated heterocycles. The fourth-order valence-corrected chi connectivity index (χ4v) is 8.57. The van der Waals surface area contributed by atoms with Crippen LogP contribution in [0.1, 0.15) is 39.7 Å². The lowest BCUT2D eigenvalue weighted by Crippen LogP contribution is -2.44. The predicted molar refractivity (Wildman–Crippen MR) is 217 cm³/mol. The summed E-state index contributed by atoms with van der Waals surface area (Å²) in [6.45, 7) is 6.98. The highest BCUT2D eigenvalue weighted by Gasteiger charge is 2.34. The highest BCUT2D eigenvalue weighted by molar-refractivity contribution is 7.92. The number of pyridine rings is 1. The van der Waals surface area contributed by atoms with Gasteiger partial charge in [0.2, 0.25) is 11.8 Å². The van der Waals surface area contributed by atoms with Crippen molar-refractivity contribution in [1.29, 1.82) is 0 Å². The zero-order valence-electron chi connectivity index (χ0n) is 31.9. The second kappa shape index (κ2) is 17.1. The van der Waals surface area contributed by atoms with Gasteiger partial charge in [-0.3, -0.25) is 29.0 Å². The van der Waals surface area contributed by atoms with Crippen LogP contribution in [0.3, 0.4) is 0 Å². The van der Waals surface area contributed by atoms with E-state index in [1.807, 2.05) is 30.3 Å². The van der Waals surface area contributed by atoms with Crippen LogP contribution in [-0.4, -0.2) is 90.3 Å². The summed E-state index contributed by atoms with van der Waals surface area (Å²) in [5.74, 6) is -0.617. The summed E-state index contributed by atoms with van der Waals surface area (Å²) in [6, 6.07) is 17.5. The monoisotopic (exact) mass is 816 g/mol. The third kappa shape index (κ3) is 8.72. The van der Waals surface area contributed by atoms with Crippen LogP contribution in [0.5, 0.6) is 5.75 Å². The average Bonchev–Trinajstić information content (AvgIpc) is 3.76. The van der Waals surface area contributed by atoms with E-state index < -0.39 is 26.5 Å². The summed E-state index contributed by atoms with van der Waals surface area (Å²) in [6.07, 6.45) is 2.10. The van der Waals surface area contributed by atoms with Crippen molar-refractivity contribution in [3.05, 3.63) is 82.9 Å². The first-order valence-electron chi connectivity index (χ1n) is 18.6. The molecule has 1 aliphatic rings. The Bertz CT molecular complexity index is 2590. The number of nitrogens with one attached hydrogen (secondary N) is 2. The Hall–Kier alpha value is -5.20. The number of hydrogen-bond acceptors (Lipinski definition) is 13. The van der Waals surface area contributed by atoms with Crippen LogP contribution in [0.25, 0.3) is 32.2 Å². The molecule has 1 atom stereocenters. The normalized spacial score (nSPS) is 15.1. The second-order valence-corrected chi connectivity index (χ2v) is 18.0. The minimum atomic E-state index is -3.81. The van der Waals surface area contributed by atoms with Crippen LogP contribution in [0.2, 0.25) is 0 Å². The standard InChI is InChI=1S/C40H44N6O9S2/c1-40(2,3)57(50,51)36-23-27-28(43-26-8-10-35-30(22-26)42-25-56-35)12-13-41-29(27)24-34(36)55-21-20-54-19-18-53-17-16-52-15-14-45-31-6-4-5-7-32(31)46(39(45)49)33-9-11-37(47)44-38(33)48/h4-8,10,12-13,22-25,33H,9,11,14-21H2,1-3H3,(H,41,43)(H,44,47,48). The molecule has 0 spiro atoms. The van der Waals surface area contributed by atoms with Gasteiger partial charge >= 0.3 is 5.69 Å². The maximum absolute atomic E-state index is 13.8. The van der Waals surface area contributed by atoms with Gasteiger partial charge in [0.1, 0.15) is 23.3 Å². The van der Waals surface area contributed by atoms with E-state index in [1.54, 1.807) is 78.7 Å². The minimum absolute atomic E-state index is 0.0711. The van der Waals surface area contributed by atoms with Gasteiger partial charge in [-0.2, -0.15) is 0 Å². The number of fused-ring (bicyclic) bond motifs is 3. The van der Waals surface area contributed by atoms with E-state index >= 15 is 0 Å². The third-order valence-electron chi connectivity index (χ3n) is 9.59. The number of para-hydroxylation sites is 2. The fraction of sp³-hybridized carbons (Fsp3) is 0.375. The van der Waals surface area contributed by atoms with Gasteiger partial charge in [-0.05, 0) is 69.7 Å². The second-order valence-electron chi connectivity index (χ2n) is 14.4. The van der Waals surface area contributed by atoms with E-state index in [0.717, 1.165) is 15.9 Å². The number of nitrogens with zero attached hydrogens (tertiary/aromatic N) is 4. The summed E-state index contributed by atoms with van der Waals surface area (Å²) >= 11 is 1.56. The van der Waals surface area contributed by atoms with E-state index in [4.69, 9.17) is 18.9 Å². The molecule has 2 amide bonds. The van der Waals surface area contributed by atoms with Crippen LogP contribution in [0.4, 0.5) is 11.4 Å². The van der Waals surface area contributed by atoms with Crippen LogP contribution in [0, 0.1) is 0 Å². The first-order valence-corrected chi connectivity index (χ1v) is 21.0. The van der Waals surface area contributed by atoms with Crippen molar-refractivity contribution < 1.29 is 37.0 Å². The Balaban J connectivity index is 0.878. The highest BCUT2D eigenvalue weighted by atomic mass is 32.2. The number of ether oxygens (including phenoxy) is 4. The largest absolute Gasteiger partial charge is 0.490 e. The van der Waals surface area contributed by atoms with Crippen LogP contribution in [-0.2, 0) is 40.2 Å². The molecule has 3 aromatic heterocycles. The van der Waals surface area contributed by atoms with Gasteiger partial charge in [0.25, 0.3) is 0 Å². The number of piperidine rings is 1. The Morgan fingerprint density at radius 2 is 1.58 bits per heavy atom. The molecule has 6 aromatic rings. The fourth-order valence-electron chi connectivity index (χ4n) is 6.59. The molecule has 7 rings (SSSR count). The third-order valence-corrected chi connectivity index (χ3v) is 12.9. The maximum atomic E-state index is 13.8. The van der Waals surface area contributed by atoms with Gasteiger partial charge in [0.05, 0.1) is 83.2 Å². The molecule has 17 heteroatoms. The molecule has 2 N–H and O–H groups in total. The van der Waals surface area contributed by atoms with Crippen LogP contribution < -0.4 is 21.1 Å². The minimum Gasteiger partial charge on any atom is -0.490 e. The van der Waals surface area contributed by atoms with Crippen molar-refractivity contribution in [1.82, 2.24) is 24.4 Å². The molecule has 1 aliphatic heterocycles. The molecule has 0 aliphatic carbocycles. The lowest BCUT2D eigenvalue weighted by atomic mass is 10.1. The molecule has 57 heavy (non-hydrogen) atoms. The summed E-state index contributed by atoms with van der Waals surface area (Å²) in [5, 5.41) is 6.36. The van der Waals surface area contributed by atoms with Gasteiger partial charge < -0.3 is 24.3 Å². The molecule has 4 heterocycles. The van der Waals surface area contributed by atoms with Gasteiger partial charge in [-0.25, -0.2) is 18.2 Å². The summed E-state index contributed by atoms with van der Waals surface area (Å²) in [4.78, 5) is 46.5. The number of aromatic nitrogens is 4. The summed E-state index contributed by atoms with van der Waals surface area (Å²) < 4.78 is 53.7. The Kier molecular flexibility index (Phi) is 12.0. The molecule has 1 fully saturated rings. The lowest BCUT2D eigenvalue weighted by Gasteiger charge is -2.22. The Labute approximate surface area is 332 Å². The number of imidazole rings is 1. The number of rotatable bonds is 17. The molecule has 1 unspecified atom stereocenters. The Morgan fingerprint density at radius 3 is 2.32 bits per heavy atom. The van der Waals surface area contributed by atoms with E-state index in [2.05, 4.69) is 20.6 Å². The van der Waals surface area contributed by atoms with E-state index in [1.165, 1.54) is 4.57 Å². The number of imide groups is 1. The van der Waals surface area contributed by atoms with Gasteiger partial charge in [-0.1, -0.05) is 12.1 Å². The molecule has 300 valence electrons. The molecular formula is C40H44N6O9S2. The highest BCUT2D eigenvalue weighted by Crippen LogP contribution is 2.38. The number of thiazole rings is 1. The zero-order chi connectivity index (χ0) is 40.2. The lowest BCUT2D eigenvalue weighted by molar-refractivity contribution is -0.135. The number of sulfone groups is 1. The molecule has 0 bridgehead atoms. The molecular weight excluding hydrogens is 773 g/mol. The number of carbonyl (C=O) groups is 2. The average molecular weight is 817 g/mol. The SMILES string of the molecule is CC(C)(C)S(=O)(=O)c1cc2c(Nc3ccc4scnc4c3)ccnc2cc1OCCOCCOCCOCCn1c(=O)n(C2CCC(=O)NC2=O)c2ccccc21. The quantitative estimate of drug-likeness (QED) is 0.0887. The summed E-state index contributed by atoms with van der Waals surface area (Å²) in [5.41, 5.74) is 5.73. The Morgan fingerprint density at radius 1 is 0.860 bits per heavy atom.